The number of halogens is 1. The first-order valence-corrected chi connectivity index (χ1v) is 13.8. The fraction of sp³-hybridized carbons (Fsp3) is 0.682. The van der Waals surface area contributed by atoms with E-state index in [1.807, 2.05) is 12.1 Å². The van der Waals surface area contributed by atoms with Crippen molar-refractivity contribution >= 4 is 19.2 Å². The smallest absolute Gasteiger partial charge is 0.141 e. The van der Waals surface area contributed by atoms with Crippen LogP contribution in [0.1, 0.15) is 68.9 Å². The molecular weight excluding hydrogens is 342 g/mol. The van der Waals surface area contributed by atoms with Gasteiger partial charge in [-0.25, -0.2) is 0 Å². The van der Waals surface area contributed by atoms with Crippen LogP contribution in [-0.4, -0.2) is 8.11 Å². The van der Waals surface area contributed by atoms with E-state index in [0.717, 1.165) is 29.7 Å². The lowest BCUT2D eigenvalue weighted by atomic mass is 9.73. The molecule has 1 aliphatic heterocycles. The average Bonchev–Trinajstić information content (AvgIpc) is 2.67. The number of hydrogen-bond donors (Lipinski definition) is 0. The van der Waals surface area contributed by atoms with Crippen LogP contribution in [0.2, 0.25) is 12.1 Å². The highest BCUT2D eigenvalue weighted by Gasteiger charge is 2.30. The number of unbranched alkanes of at least 4 members (excludes halogenated alkanes) is 1. The van der Waals surface area contributed by atoms with Gasteiger partial charge in [-0.05, 0) is 73.2 Å². The second kappa shape index (κ2) is 9.79. The molecule has 1 aromatic rings. The summed E-state index contributed by atoms with van der Waals surface area (Å²) in [5, 5.41) is 8.85. The van der Waals surface area contributed by atoms with Crippen molar-refractivity contribution in [1.29, 1.82) is 5.26 Å². The molecule has 3 rings (SSSR count). The molecule has 0 spiro atoms. The van der Waals surface area contributed by atoms with Crippen molar-refractivity contribution in [3.63, 3.8) is 0 Å². The van der Waals surface area contributed by atoms with Crippen LogP contribution < -0.4 is 0 Å². The van der Waals surface area contributed by atoms with Crippen LogP contribution >= 0.6 is 11.1 Å². The molecule has 1 saturated carbocycles. The van der Waals surface area contributed by atoms with Gasteiger partial charge in [0, 0.05) is 0 Å². The SMILES string of the molecule is N#Cc1ccc(CCCC[C@H]2CC[C@H](C3CC[SiH](Cl)CC3)CC2)cc1. The Bertz CT molecular complexity index is 548. The van der Waals surface area contributed by atoms with Crippen LogP contribution in [0.25, 0.3) is 0 Å². The molecule has 25 heavy (non-hydrogen) atoms. The summed E-state index contributed by atoms with van der Waals surface area (Å²) >= 11 is 6.40. The Morgan fingerprint density at radius 2 is 1.56 bits per heavy atom. The summed E-state index contributed by atoms with van der Waals surface area (Å²) in [5.74, 6) is 3.02. The monoisotopic (exact) mass is 373 g/mol. The van der Waals surface area contributed by atoms with Gasteiger partial charge < -0.3 is 0 Å². The van der Waals surface area contributed by atoms with Gasteiger partial charge in [0.15, 0.2) is 0 Å². The minimum atomic E-state index is -0.794. The van der Waals surface area contributed by atoms with Crippen molar-refractivity contribution < 1.29 is 0 Å². The van der Waals surface area contributed by atoms with Crippen molar-refractivity contribution in [2.75, 3.05) is 0 Å². The van der Waals surface area contributed by atoms with E-state index in [9.17, 15) is 0 Å². The van der Waals surface area contributed by atoms with Gasteiger partial charge in [-0.1, -0.05) is 50.7 Å². The summed E-state index contributed by atoms with van der Waals surface area (Å²) < 4.78 is 0. The Morgan fingerprint density at radius 3 is 2.20 bits per heavy atom. The molecule has 1 saturated heterocycles. The van der Waals surface area contributed by atoms with Gasteiger partial charge in [0.25, 0.3) is 0 Å². The number of aryl methyl sites for hydroxylation is 1. The van der Waals surface area contributed by atoms with Gasteiger partial charge in [-0.15, -0.1) is 0 Å². The maximum Gasteiger partial charge on any atom is 0.141 e. The Labute approximate surface area is 160 Å². The molecule has 0 radical (unpaired) electrons. The maximum atomic E-state index is 8.85. The van der Waals surface area contributed by atoms with Crippen LogP contribution in [0, 0.1) is 29.1 Å². The summed E-state index contributed by atoms with van der Waals surface area (Å²) in [7, 11) is -0.794. The molecule has 1 aliphatic carbocycles. The summed E-state index contributed by atoms with van der Waals surface area (Å²) in [6, 6.07) is 13.1. The molecular formula is C22H32ClNSi. The molecule has 0 N–H and O–H groups in total. The van der Waals surface area contributed by atoms with Crippen molar-refractivity contribution in [3.8, 4) is 6.07 Å². The predicted octanol–water partition coefficient (Wildman–Crippen LogP) is 6.45. The largest absolute Gasteiger partial charge is 0.192 e. The molecule has 0 bridgehead atoms. The third-order valence-corrected chi connectivity index (χ3v) is 9.90. The van der Waals surface area contributed by atoms with Crippen LogP contribution in [0.15, 0.2) is 24.3 Å². The molecule has 0 aromatic heterocycles. The fourth-order valence-electron chi connectivity index (χ4n) is 5.01. The minimum absolute atomic E-state index is 0.766. The zero-order valence-corrected chi connectivity index (χ0v) is 17.3. The van der Waals surface area contributed by atoms with Crippen molar-refractivity contribution in [2.24, 2.45) is 17.8 Å². The van der Waals surface area contributed by atoms with Crippen LogP contribution in [-0.2, 0) is 6.42 Å². The van der Waals surface area contributed by atoms with Crippen LogP contribution in [0.4, 0.5) is 0 Å². The minimum Gasteiger partial charge on any atom is -0.192 e. The highest BCUT2D eigenvalue weighted by Crippen LogP contribution is 2.41. The van der Waals surface area contributed by atoms with Crippen LogP contribution in [0.5, 0.6) is 0 Å². The number of rotatable bonds is 6. The topological polar surface area (TPSA) is 23.8 Å². The molecule has 0 unspecified atom stereocenters. The van der Waals surface area contributed by atoms with E-state index in [0.29, 0.717) is 0 Å². The third kappa shape index (κ3) is 5.86. The van der Waals surface area contributed by atoms with E-state index in [2.05, 4.69) is 18.2 Å². The van der Waals surface area contributed by atoms with Gasteiger partial charge in [0.2, 0.25) is 0 Å². The standard InChI is InChI=1S/C22H32ClNSi/c23-25-15-13-22(14-16-25)21-11-9-19(10-12-21)4-2-1-3-18-5-7-20(17-24)8-6-18/h5-8,19,21-22,25H,1-4,9-16H2/t19-,21-,22?,25?. The highest BCUT2D eigenvalue weighted by molar-refractivity contribution is 7.07. The molecule has 1 aromatic carbocycles. The number of benzene rings is 1. The lowest BCUT2D eigenvalue weighted by molar-refractivity contribution is 0.185. The molecule has 0 amide bonds. The Kier molecular flexibility index (Phi) is 7.44. The van der Waals surface area contributed by atoms with E-state index in [4.69, 9.17) is 16.3 Å². The van der Waals surface area contributed by atoms with E-state index in [-0.39, 0.29) is 0 Å². The summed E-state index contributed by atoms with van der Waals surface area (Å²) in [5.41, 5.74) is 2.14. The van der Waals surface area contributed by atoms with E-state index in [1.165, 1.54) is 75.4 Å². The van der Waals surface area contributed by atoms with E-state index >= 15 is 0 Å². The first kappa shape index (κ1) is 19.0. The summed E-state index contributed by atoms with van der Waals surface area (Å²) in [6.07, 6.45) is 14.0. The van der Waals surface area contributed by atoms with Crippen molar-refractivity contribution in [2.45, 2.75) is 76.3 Å². The van der Waals surface area contributed by atoms with Crippen LogP contribution in [0.3, 0.4) is 0 Å². The van der Waals surface area contributed by atoms with Gasteiger partial charge in [0.1, 0.15) is 8.11 Å². The Hall–Kier alpha value is -0.783. The fourth-order valence-corrected chi connectivity index (χ4v) is 7.63. The third-order valence-electron chi connectivity index (χ3n) is 6.67. The molecule has 0 atom stereocenters. The van der Waals surface area contributed by atoms with Crippen molar-refractivity contribution in [3.05, 3.63) is 35.4 Å². The number of nitriles is 1. The van der Waals surface area contributed by atoms with E-state index < -0.39 is 8.11 Å². The molecule has 2 aliphatic rings. The lowest BCUT2D eigenvalue weighted by Crippen LogP contribution is -2.26. The molecule has 136 valence electrons. The molecule has 3 heteroatoms. The second-order valence-corrected chi connectivity index (χ2v) is 12.5. The normalized spacial score (nSPS) is 29.9. The summed E-state index contributed by atoms with van der Waals surface area (Å²) in [6.45, 7) is 0. The highest BCUT2D eigenvalue weighted by atomic mass is 35.6. The molecule has 1 nitrogen and oxygen atoms in total. The quantitative estimate of drug-likeness (QED) is 0.319. The van der Waals surface area contributed by atoms with Gasteiger partial charge in [-0.3, -0.25) is 0 Å². The van der Waals surface area contributed by atoms with Gasteiger partial charge in [-0.2, -0.15) is 16.3 Å². The summed E-state index contributed by atoms with van der Waals surface area (Å²) in [4.78, 5) is 0. The Morgan fingerprint density at radius 1 is 0.920 bits per heavy atom. The first-order chi connectivity index (χ1) is 12.2. The number of hydrogen-bond acceptors (Lipinski definition) is 1. The van der Waals surface area contributed by atoms with Gasteiger partial charge in [0.05, 0.1) is 11.6 Å². The Balaban J connectivity index is 1.29. The number of nitrogens with zero attached hydrogens (tertiary/aromatic N) is 1. The zero-order valence-electron chi connectivity index (χ0n) is 15.4. The molecule has 2 fully saturated rings. The van der Waals surface area contributed by atoms with Crippen molar-refractivity contribution in [1.82, 2.24) is 0 Å². The first-order valence-electron chi connectivity index (χ1n) is 10.4. The lowest BCUT2D eigenvalue weighted by Gasteiger charge is -2.36. The van der Waals surface area contributed by atoms with Gasteiger partial charge >= 0.3 is 0 Å². The zero-order chi connectivity index (χ0) is 17.5. The van der Waals surface area contributed by atoms with E-state index in [1.54, 1.807) is 0 Å². The average molecular weight is 374 g/mol. The maximum absolute atomic E-state index is 8.85. The second-order valence-electron chi connectivity index (χ2n) is 8.35. The molecule has 1 heterocycles. The predicted molar refractivity (Wildman–Crippen MR) is 110 cm³/mol.